The Hall–Kier alpha value is -2.96. The Morgan fingerprint density at radius 1 is 1.15 bits per heavy atom. The lowest BCUT2D eigenvalue weighted by Crippen LogP contribution is -2.51. The minimum atomic E-state index is -0.589. The fourth-order valence-corrected chi connectivity index (χ4v) is 3.14. The topological polar surface area (TPSA) is 87.2 Å². The summed E-state index contributed by atoms with van der Waals surface area (Å²) in [6, 6.07) is 8.61. The lowest BCUT2D eigenvalue weighted by atomic mass is 10.0. The number of nitrogens with zero attached hydrogens (tertiary/aromatic N) is 3. The van der Waals surface area contributed by atoms with E-state index < -0.39 is 6.04 Å². The summed E-state index contributed by atoms with van der Waals surface area (Å²) < 4.78 is 0. The Morgan fingerprint density at radius 3 is 2.52 bits per heavy atom. The number of anilines is 1. The van der Waals surface area contributed by atoms with Crippen LogP contribution in [0.15, 0.2) is 42.7 Å². The largest absolute Gasteiger partial charge is 0.351 e. The normalized spacial score (nSPS) is 15.9. The molecule has 0 unspecified atom stereocenters. The van der Waals surface area contributed by atoms with Crippen LogP contribution < -0.4 is 15.5 Å². The van der Waals surface area contributed by atoms with Gasteiger partial charge in [0.25, 0.3) is 5.91 Å². The minimum Gasteiger partial charge on any atom is -0.351 e. The number of hydrogen-bond acceptors (Lipinski definition) is 5. The summed E-state index contributed by atoms with van der Waals surface area (Å²) in [6.07, 6.45) is 5.11. The molecule has 1 aromatic heterocycles. The highest BCUT2D eigenvalue weighted by molar-refractivity contribution is 5.97. The van der Waals surface area contributed by atoms with Gasteiger partial charge in [-0.3, -0.25) is 9.59 Å². The highest BCUT2D eigenvalue weighted by Gasteiger charge is 2.24. The van der Waals surface area contributed by atoms with E-state index in [2.05, 4.69) is 25.5 Å². The van der Waals surface area contributed by atoms with Gasteiger partial charge in [0.05, 0.1) is 0 Å². The van der Waals surface area contributed by atoms with Crippen molar-refractivity contribution in [2.45, 2.75) is 38.8 Å². The zero-order chi connectivity index (χ0) is 19.2. The molecule has 1 saturated heterocycles. The second-order valence-electron chi connectivity index (χ2n) is 6.88. The average molecular weight is 367 g/mol. The van der Waals surface area contributed by atoms with Gasteiger partial charge >= 0.3 is 0 Å². The zero-order valence-corrected chi connectivity index (χ0v) is 15.7. The van der Waals surface area contributed by atoms with Gasteiger partial charge in [0, 0.05) is 37.1 Å². The molecule has 2 amide bonds. The monoisotopic (exact) mass is 367 g/mol. The number of piperidine rings is 1. The standard InChI is InChI=1S/C20H25N5O2/c1-14-5-3-6-16(13-14)19(27)23-15(2)18(26)24-17-7-11-25(12-8-17)20-21-9-4-10-22-20/h3-6,9-10,13,15,17H,7-8,11-12H2,1-2H3,(H,23,27)(H,24,26)/t15-/m1/s1. The highest BCUT2D eigenvalue weighted by atomic mass is 16.2. The Balaban J connectivity index is 1.47. The van der Waals surface area contributed by atoms with Crippen molar-refractivity contribution >= 4 is 17.8 Å². The van der Waals surface area contributed by atoms with E-state index in [1.165, 1.54) is 0 Å². The summed E-state index contributed by atoms with van der Waals surface area (Å²) in [5.41, 5.74) is 1.57. The van der Waals surface area contributed by atoms with Gasteiger partial charge in [0.1, 0.15) is 6.04 Å². The molecular formula is C20H25N5O2. The van der Waals surface area contributed by atoms with Crippen molar-refractivity contribution < 1.29 is 9.59 Å². The second-order valence-corrected chi connectivity index (χ2v) is 6.88. The first kappa shape index (κ1) is 18.8. The minimum absolute atomic E-state index is 0.0933. The first-order valence-corrected chi connectivity index (χ1v) is 9.23. The molecule has 0 radical (unpaired) electrons. The summed E-state index contributed by atoms with van der Waals surface area (Å²) in [6.45, 7) is 5.22. The molecule has 2 heterocycles. The molecule has 0 bridgehead atoms. The predicted octanol–water partition coefficient (Wildman–Crippen LogP) is 1.69. The Morgan fingerprint density at radius 2 is 1.85 bits per heavy atom. The van der Waals surface area contributed by atoms with Crippen molar-refractivity contribution in [1.29, 1.82) is 0 Å². The van der Waals surface area contributed by atoms with Gasteiger partial charge in [-0.25, -0.2) is 9.97 Å². The van der Waals surface area contributed by atoms with Crippen molar-refractivity contribution in [3.63, 3.8) is 0 Å². The lowest BCUT2D eigenvalue weighted by Gasteiger charge is -2.32. The molecule has 27 heavy (non-hydrogen) atoms. The van der Waals surface area contributed by atoms with Crippen LogP contribution in [0.25, 0.3) is 0 Å². The van der Waals surface area contributed by atoms with Crippen molar-refractivity contribution in [3.05, 3.63) is 53.9 Å². The Labute approximate surface area is 159 Å². The molecule has 0 aliphatic carbocycles. The summed E-state index contributed by atoms with van der Waals surface area (Å²) >= 11 is 0. The molecule has 7 heteroatoms. The number of carbonyl (C=O) groups is 2. The van der Waals surface area contributed by atoms with E-state index in [-0.39, 0.29) is 17.9 Å². The molecule has 3 rings (SSSR count). The molecule has 1 aliphatic rings. The van der Waals surface area contributed by atoms with Crippen LogP contribution in [0.3, 0.4) is 0 Å². The van der Waals surface area contributed by atoms with E-state index in [4.69, 9.17) is 0 Å². The third-order valence-electron chi connectivity index (χ3n) is 4.70. The van der Waals surface area contributed by atoms with E-state index >= 15 is 0 Å². The lowest BCUT2D eigenvalue weighted by molar-refractivity contribution is -0.123. The first-order valence-electron chi connectivity index (χ1n) is 9.23. The smallest absolute Gasteiger partial charge is 0.251 e. The van der Waals surface area contributed by atoms with Crippen molar-refractivity contribution in [2.75, 3.05) is 18.0 Å². The summed E-state index contributed by atoms with van der Waals surface area (Å²) in [5, 5.41) is 5.80. The SMILES string of the molecule is Cc1cccc(C(=O)N[C@H](C)C(=O)NC2CCN(c3ncccn3)CC2)c1. The summed E-state index contributed by atoms with van der Waals surface area (Å²) in [5.74, 6) is 0.323. The van der Waals surface area contributed by atoms with Crippen LogP contribution in [0, 0.1) is 6.92 Å². The predicted molar refractivity (Wildman–Crippen MR) is 104 cm³/mol. The first-order chi connectivity index (χ1) is 13.0. The van der Waals surface area contributed by atoms with E-state index in [1.807, 2.05) is 19.1 Å². The molecule has 1 atom stereocenters. The number of hydrogen-bond donors (Lipinski definition) is 2. The van der Waals surface area contributed by atoms with Gasteiger partial charge in [-0.1, -0.05) is 17.7 Å². The molecule has 7 nitrogen and oxygen atoms in total. The Kier molecular flexibility index (Phi) is 6.01. The summed E-state index contributed by atoms with van der Waals surface area (Å²) in [7, 11) is 0. The molecule has 2 aromatic rings. The van der Waals surface area contributed by atoms with E-state index in [1.54, 1.807) is 37.5 Å². The number of amides is 2. The van der Waals surface area contributed by atoms with Crippen molar-refractivity contribution in [1.82, 2.24) is 20.6 Å². The fraction of sp³-hybridized carbons (Fsp3) is 0.400. The summed E-state index contributed by atoms with van der Waals surface area (Å²) in [4.78, 5) is 35.4. The number of aryl methyl sites for hydroxylation is 1. The van der Waals surface area contributed by atoms with E-state index in [0.717, 1.165) is 37.4 Å². The highest BCUT2D eigenvalue weighted by Crippen LogP contribution is 2.15. The van der Waals surface area contributed by atoms with Crippen LogP contribution >= 0.6 is 0 Å². The van der Waals surface area contributed by atoms with Gasteiger partial charge in [0.2, 0.25) is 11.9 Å². The van der Waals surface area contributed by atoms with Crippen LogP contribution in [-0.4, -0.2) is 47.0 Å². The fourth-order valence-electron chi connectivity index (χ4n) is 3.14. The van der Waals surface area contributed by atoms with Crippen LogP contribution in [0.4, 0.5) is 5.95 Å². The molecule has 0 saturated carbocycles. The third kappa shape index (κ3) is 5.03. The maximum absolute atomic E-state index is 12.4. The van der Waals surface area contributed by atoms with Gasteiger partial charge in [-0.15, -0.1) is 0 Å². The molecule has 142 valence electrons. The van der Waals surface area contributed by atoms with Gasteiger partial charge in [0.15, 0.2) is 0 Å². The number of aromatic nitrogens is 2. The van der Waals surface area contributed by atoms with Crippen molar-refractivity contribution in [2.24, 2.45) is 0 Å². The van der Waals surface area contributed by atoms with Gasteiger partial charge in [-0.2, -0.15) is 0 Å². The van der Waals surface area contributed by atoms with E-state index in [9.17, 15) is 9.59 Å². The molecule has 0 spiro atoms. The molecule has 1 fully saturated rings. The number of nitrogens with one attached hydrogen (secondary N) is 2. The zero-order valence-electron chi connectivity index (χ0n) is 15.7. The van der Waals surface area contributed by atoms with Crippen LogP contribution in [0.1, 0.15) is 35.7 Å². The second kappa shape index (κ2) is 8.62. The quantitative estimate of drug-likeness (QED) is 0.840. The third-order valence-corrected chi connectivity index (χ3v) is 4.70. The average Bonchev–Trinajstić information content (AvgIpc) is 2.69. The van der Waals surface area contributed by atoms with Gasteiger partial charge < -0.3 is 15.5 Å². The molecule has 1 aliphatic heterocycles. The number of rotatable bonds is 5. The maximum atomic E-state index is 12.4. The Bertz CT molecular complexity index is 788. The molecule has 1 aromatic carbocycles. The molecule has 2 N–H and O–H groups in total. The van der Waals surface area contributed by atoms with Crippen molar-refractivity contribution in [3.8, 4) is 0 Å². The molecular weight excluding hydrogens is 342 g/mol. The van der Waals surface area contributed by atoms with Crippen LogP contribution in [-0.2, 0) is 4.79 Å². The number of benzene rings is 1. The van der Waals surface area contributed by atoms with Crippen LogP contribution in [0.5, 0.6) is 0 Å². The van der Waals surface area contributed by atoms with Crippen LogP contribution in [0.2, 0.25) is 0 Å². The maximum Gasteiger partial charge on any atom is 0.251 e. The van der Waals surface area contributed by atoms with Gasteiger partial charge in [-0.05, 0) is 44.9 Å². The number of carbonyl (C=O) groups excluding carboxylic acids is 2. The van der Waals surface area contributed by atoms with E-state index in [0.29, 0.717) is 5.56 Å².